The van der Waals surface area contributed by atoms with Crippen molar-refractivity contribution in [3.8, 4) is 0 Å². The Bertz CT molecular complexity index is 247. The summed E-state index contributed by atoms with van der Waals surface area (Å²) in [7, 11) is 0. The van der Waals surface area contributed by atoms with Gasteiger partial charge in [-0.25, -0.2) is 0 Å². The number of rotatable bonds is 3. The van der Waals surface area contributed by atoms with E-state index in [2.05, 4.69) is 5.10 Å². The molecule has 1 aromatic heterocycles. The Kier molecular flexibility index (Phi) is 3.08. The largest absolute Gasteiger partial charge is 0.290 e. The lowest BCUT2D eigenvalue weighted by Gasteiger charge is -2.09. The molecule has 12 heavy (non-hydrogen) atoms. The molecule has 0 aliphatic carbocycles. The highest BCUT2D eigenvalue weighted by Crippen LogP contribution is 2.26. The summed E-state index contributed by atoms with van der Waals surface area (Å²) in [6.45, 7) is 3.81. The molecule has 0 spiro atoms. The first-order chi connectivity index (χ1) is 5.61. The molecular weight excluding hydrogens is 182 g/mol. The molecule has 0 saturated heterocycles. The zero-order valence-electron chi connectivity index (χ0n) is 6.87. The number of hydrogen-bond acceptors (Lipinski definition) is 2. The van der Waals surface area contributed by atoms with Crippen LogP contribution in [-0.4, -0.2) is 15.5 Å². The van der Waals surface area contributed by atoms with Crippen molar-refractivity contribution in [2.75, 3.05) is 0 Å². The van der Waals surface area contributed by atoms with Crippen molar-refractivity contribution >= 4 is 11.8 Å². The second kappa shape index (κ2) is 3.89. The van der Waals surface area contributed by atoms with Gasteiger partial charge in [0.15, 0.2) is 0 Å². The Balaban J connectivity index is 2.77. The molecular formula is C7H10F2N2S. The molecule has 0 fully saturated rings. The number of hydrogen-bond donors (Lipinski definition) is 0. The summed E-state index contributed by atoms with van der Waals surface area (Å²) in [5.41, 5.74) is 0. The van der Waals surface area contributed by atoms with E-state index in [0.29, 0.717) is 16.8 Å². The van der Waals surface area contributed by atoms with Crippen LogP contribution in [-0.2, 0) is 0 Å². The van der Waals surface area contributed by atoms with Crippen molar-refractivity contribution < 1.29 is 8.78 Å². The third-order valence-corrected chi connectivity index (χ3v) is 2.08. The first-order valence-electron chi connectivity index (χ1n) is 3.59. The van der Waals surface area contributed by atoms with E-state index < -0.39 is 5.76 Å². The van der Waals surface area contributed by atoms with Gasteiger partial charge in [0.1, 0.15) is 0 Å². The van der Waals surface area contributed by atoms with E-state index in [1.54, 1.807) is 10.7 Å². The van der Waals surface area contributed by atoms with Gasteiger partial charge in [-0.3, -0.25) is 4.68 Å². The Morgan fingerprint density at radius 2 is 2.17 bits per heavy atom. The average Bonchev–Trinajstić information content (AvgIpc) is 2.33. The predicted molar refractivity (Wildman–Crippen MR) is 44.5 cm³/mol. The van der Waals surface area contributed by atoms with Crippen molar-refractivity contribution in [3.63, 3.8) is 0 Å². The van der Waals surface area contributed by atoms with Crippen molar-refractivity contribution in [1.82, 2.24) is 9.78 Å². The van der Waals surface area contributed by atoms with Gasteiger partial charge in [-0.2, -0.15) is 13.9 Å². The fourth-order valence-electron chi connectivity index (χ4n) is 0.875. The van der Waals surface area contributed by atoms with Crippen molar-refractivity contribution in [3.05, 3.63) is 12.3 Å². The summed E-state index contributed by atoms with van der Waals surface area (Å²) >= 11 is 0.527. The van der Waals surface area contributed by atoms with Gasteiger partial charge < -0.3 is 0 Å². The van der Waals surface area contributed by atoms with Crippen molar-refractivity contribution in [1.29, 1.82) is 0 Å². The highest BCUT2D eigenvalue weighted by atomic mass is 32.2. The third-order valence-electron chi connectivity index (χ3n) is 1.33. The molecule has 1 heterocycles. The lowest BCUT2D eigenvalue weighted by atomic mass is 10.4. The molecule has 0 radical (unpaired) electrons. The molecule has 68 valence electrons. The molecule has 0 saturated carbocycles. The number of alkyl halides is 2. The van der Waals surface area contributed by atoms with Crippen LogP contribution in [0.25, 0.3) is 0 Å². The minimum absolute atomic E-state index is 0.126. The fourth-order valence-corrected chi connectivity index (χ4v) is 1.56. The number of aromatic nitrogens is 2. The Hall–Kier alpha value is -0.580. The molecule has 0 aromatic carbocycles. The van der Waals surface area contributed by atoms with E-state index in [-0.39, 0.29) is 6.04 Å². The van der Waals surface area contributed by atoms with Crippen LogP contribution in [0.15, 0.2) is 17.3 Å². The first kappa shape index (κ1) is 9.51. The minimum Gasteiger partial charge on any atom is -0.256 e. The lowest BCUT2D eigenvalue weighted by molar-refractivity contribution is 0.251. The fraction of sp³-hybridized carbons (Fsp3) is 0.571. The second-order valence-corrected chi connectivity index (χ2v) is 3.60. The highest BCUT2D eigenvalue weighted by molar-refractivity contribution is 7.99. The summed E-state index contributed by atoms with van der Waals surface area (Å²) in [4.78, 5) is 0. The van der Waals surface area contributed by atoms with Crippen molar-refractivity contribution in [2.45, 2.75) is 30.7 Å². The molecule has 0 unspecified atom stereocenters. The predicted octanol–water partition coefficient (Wildman–Crippen LogP) is 2.78. The van der Waals surface area contributed by atoms with Gasteiger partial charge in [0.2, 0.25) is 0 Å². The van der Waals surface area contributed by atoms with Gasteiger partial charge >= 0.3 is 0 Å². The number of thioether (sulfide) groups is 1. The van der Waals surface area contributed by atoms with Crippen molar-refractivity contribution in [2.24, 2.45) is 0 Å². The topological polar surface area (TPSA) is 17.8 Å². The molecule has 0 atom stereocenters. The van der Waals surface area contributed by atoms with Crippen LogP contribution in [0, 0.1) is 0 Å². The summed E-state index contributed by atoms with van der Waals surface area (Å²) in [6.07, 6.45) is 1.53. The van der Waals surface area contributed by atoms with Gasteiger partial charge in [-0.1, -0.05) is 0 Å². The molecule has 0 bridgehead atoms. The van der Waals surface area contributed by atoms with Gasteiger partial charge in [0.05, 0.1) is 11.2 Å². The first-order valence-corrected chi connectivity index (χ1v) is 4.47. The number of halogens is 2. The van der Waals surface area contributed by atoms with Gasteiger partial charge in [0, 0.05) is 6.04 Å². The zero-order chi connectivity index (χ0) is 9.14. The maximum Gasteiger partial charge on any atom is 0.290 e. The third kappa shape index (κ3) is 2.20. The summed E-state index contributed by atoms with van der Waals surface area (Å²) in [5.74, 6) is -2.38. The molecule has 0 aliphatic heterocycles. The lowest BCUT2D eigenvalue weighted by Crippen LogP contribution is -2.04. The smallest absolute Gasteiger partial charge is 0.256 e. The minimum atomic E-state index is -2.38. The maximum absolute atomic E-state index is 12.0. The van der Waals surface area contributed by atoms with Crippen LogP contribution < -0.4 is 0 Å². The molecule has 1 rings (SSSR count). The SMILES string of the molecule is CC(C)n1nccc1SC(F)F. The highest BCUT2D eigenvalue weighted by Gasteiger charge is 2.11. The Labute approximate surface area is 74.0 Å². The van der Waals surface area contributed by atoms with Crippen LogP contribution >= 0.6 is 11.8 Å². The molecule has 0 aliphatic rings. The standard InChI is InChI=1S/C7H10F2N2S/c1-5(2)11-6(3-4-10-11)12-7(8)9/h3-5,7H,1-2H3. The van der Waals surface area contributed by atoms with Gasteiger partial charge in [0.25, 0.3) is 5.76 Å². The van der Waals surface area contributed by atoms with Gasteiger partial charge in [-0.15, -0.1) is 0 Å². The maximum atomic E-state index is 12.0. The van der Waals surface area contributed by atoms with Crippen LogP contribution in [0.1, 0.15) is 19.9 Å². The van der Waals surface area contributed by atoms with E-state index in [0.717, 1.165) is 0 Å². The Morgan fingerprint density at radius 1 is 1.50 bits per heavy atom. The van der Waals surface area contributed by atoms with E-state index in [4.69, 9.17) is 0 Å². The summed E-state index contributed by atoms with van der Waals surface area (Å²) in [5, 5.41) is 4.45. The van der Waals surface area contributed by atoms with Crippen LogP contribution in [0.4, 0.5) is 8.78 Å². The monoisotopic (exact) mass is 192 g/mol. The average molecular weight is 192 g/mol. The van der Waals surface area contributed by atoms with E-state index in [1.807, 2.05) is 13.8 Å². The molecule has 0 N–H and O–H groups in total. The molecule has 5 heteroatoms. The zero-order valence-corrected chi connectivity index (χ0v) is 7.68. The van der Waals surface area contributed by atoms with Crippen LogP contribution in [0.5, 0.6) is 0 Å². The summed E-state index contributed by atoms with van der Waals surface area (Å²) in [6, 6.07) is 1.72. The van der Waals surface area contributed by atoms with Crippen LogP contribution in [0.2, 0.25) is 0 Å². The van der Waals surface area contributed by atoms with E-state index in [1.165, 1.54) is 6.20 Å². The van der Waals surface area contributed by atoms with E-state index >= 15 is 0 Å². The summed E-state index contributed by atoms with van der Waals surface area (Å²) < 4.78 is 25.5. The normalized spacial score (nSPS) is 11.5. The molecule has 2 nitrogen and oxygen atoms in total. The van der Waals surface area contributed by atoms with E-state index in [9.17, 15) is 8.78 Å². The van der Waals surface area contributed by atoms with Crippen LogP contribution in [0.3, 0.4) is 0 Å². The molecule has 0 amide bonds. The number of nitrogens with zero attached hydrogens (tertiary/aromatic N) is 2. The second-order valence-electron chi connectivity index (χ2n) is 2.59. The Morgan fingerprint density at radius 3 is 2.67 bits per heavy atom. The molecule has 1 aromatic rings. The van der Waals surface area contributed by atoms with Gasteiger partial charge in [-0.05, 0) is 31.7 Å². The quantitative estimate of drug-likeness (QED) is 0.685.